The molecule has 0 spiro atoms. The summed E-state index contributed by atoms with van der Waals surface area (Å²) in [7, 11) is 1.51. The van der Waals surface area contributed by atoms with Crippen molar-refractivity contribution in [1.82, 2.24) is 9.80 Å². The number of nitrogens with zero attached hydrogens (tertiary/aromatic N) is 2. The molecule has 3 rings (SSSR count). The molecule has 0 aromatic heterocycles. The van der Waals surface area contributed by atoms with Gasteiger partial charge in [0.15, 0.2) is 6.61 Å². The number of carbonyl (C=O) groups is 2. The van der Waals surface area contributed by atoms with Gasteiger partial charge in [-0.05, 0) is 49.4 Å². The Hall–Kier alpha value is -2.93. The van der Waals surface area contributed by atoms with Crippen molar-refractivity contribution in [3.8, 4) is 17.2 Å². The van der Waals surface area contributed by atoms with Crippen molar-refractivity contribution in [3.63, 3.8) is 0 Å². The molecule has 0 saturated carbocycles. The van der Waals surface area contributed by atoms with Crippen molar-refractivity contribution < 1.29 is 23.8 Å². The predicted molar refractivity (Wildman–Crippen MR) is 114 cm³/mol. The Morgan fingerprint density at radius 3 is 2.13 bits per heavy atom. The minimum Gasteiger partial charge on any atom is -0.496 e. The molecule has 0 aliphatic carbocycles. The molecular formula is C22H25ClN2O5. The van der Waals surface area contributed by atoms with Gasteiger partial charge in [0.05, 0.1) is 19.3 Å². The van der Waals surface area contributed by atoms with Crippen LogP contribution in [0.1, 0.15) is 17.3 Å². The average molecular weight is 433 g/mol. The number of rotatable bonds is 7. The number of methoxy groups -OCH3 is 1. The summed E-state index contributed by atoms with van der Waals surface area (Å²) >= 11 is 6.03. The highest BCUT2D eigenvalue weighted by Gasteiger charge is 2.26. The van der Waals surface area contributed by atoms with Crippen LogP contribution in [-0.4, -0.2) is 68.1 Å². The molecule has 8 heteroatoms. The number of halogens is 1. The molecule has 0 atom stereocenters. The average Bonchev–Trinajstić information content (AvgIpc) is 2.78. The smallest absolute Gasteiger partial charge is 0.260 e. The Labute approximate surface area is 181 Å². The second-order valence-corrected chi connectivity index (χ2v) is 7.15. The van der Waals surface area contributed by atoms with E-state index in [2.05, 4.69) is 0 Å². The lowest BCUT2D eigenvalue weighted by Crippen LogP contribution is -2.51. The normalized spacial score (nSPS) is 13.7. The van der Waals surface area contributed by atoms with Crippen molar-refractivity contribution >= 4 is 23.4 Å². The first kappa shape index (κ1) is 21.8. The van der Waals surface area contributed by atoms with Gasteiger partial charge in [-0.1, -0.05) is 11.6 Å². The molecule has 2 amide bonds. The van der Waals surface area contributed by atoms with Crippen molar-refractivity contribution in [2.75, 3.05) is 46.5 Å². The first-order chi connectivity index (χ1) is 14.5. The van der Waals surface area contributed by atoms with E-state index in [1.807, 2.05) is 6.92 Å². The van der Waals surface area contributed by atoms with Gasteiger partial charge in [-0.25, -0.2) is 0 Å². The summed E-state index contributed by atoms with van der Waals surface area (Å²) in [5, 5.41) is 0.472. The fourth-order valence-corrected chi connectivity index (χ4v) is 3.38. The van der Waals surface area contributed by atoms with Gasteiger partial charge in [0, 0.05) is 31.2 Å². The molecule has 30 heavy (non-hydrogen) atoms. The molecule has 0 N–H and O–H groups in total. The lowest BCUT2D eigenvalue weighted by Gasteiger charge is -2.35. The Morgan fingerprint density at radius 2 is 1.53 bits per heavy atom. The Bertz CT molecular complexity index is 880. The zero-order chi connectivity index (χ0) is 21.5. The Morgan fingerprint density at radius 1 is 0.933 bits per heavy atom. The molecule has 7 nitrogen and oxygen atoms in total. The van der Waals surface area contributed by atoms with Crippen molar-refractivity contribution in [1.29, 1.82) is 0 Å². The fourth-order valence-electron chi connectivity index (χ4n) is 3.21. The van der Waals surface area contributed by atoms with Gasteiger partial charge < -0.3 is 24.0 Å². The minimum atomic E-state index is -0.160. The van der Waals surface area contributed by atoms with Gasteiger partial charge in [0.25, 0.3) is 11.8 Å². The lowest BCUT2D eigenvalue weighted by molar-refractivity contribution is -0.134. The maximum Gasteiger partial charge on any atom is 0.260 e. The number of amides is 2. The van der Waals surface area contributed by atoms with Crippen LogP contribution in [0.5, 0.6) is 17.2 Å². The number of hydrogen-bond acceptors (Lipinski definition) is 5. The van der Waals surface area contributed by atoms with Crippen LogP contribution in [0.2, 0.25) is 5.02 Å². The van der Waals surface area contributed by atoms with Crippen LogP contribution < -0.4 is 14.2 Å². The first-order valence-electron chi connectivity index (χ1n) is 9.78. The lowest BCUT2D eigenvalue weighted by atomic mass is 10.1. The maximum absolute atomic E-state index is 12.8. The molecule has 0 unspecified atom stereocenters. The molecule has 1 saturated heterocycles. The van der Waals surface area contributed by atoms with Gasteiger partial charge in [0.2, 0.25) is 0 Å². The van der Waals surface area contributed by atoms with E-state index in [1.54, 1.807) is 52.3 Å². The molecule has 0 bridgehead atoms. The van der Waals surface area contributed by atoms with Crippen LogP contribution in [-0.2, 0) is 4.79 Å². The van der Waals surface area contributed by atoms with Crippen LogP contribution in [0, 0.1) is 0 Å². The summed E-state index contributed by atoms with van der Waals surface area (Å²) < 4.78 is 16.2. The van der Waals surface area contributed by atoms with E-state index >= 15 is 0 Å². The molecule has 0 radical (unpaired) electrons. The molecule has 160 valence electrons. The maximum atomic E-state index is 12.8. The van der Waals surface area contributed by atoms with Crippen LogP contribution in [0.25, 0.3) is 0 Å². The van der Waals surface area contributed by atoms with E-state index < -0.39 is 0 Å². The van der Waals surface area contributed by atoms with E-state index in [-0.39, 0.29) is 18.4 Å². The van der Waals surface area contributed by atoms with E-state index in [0.29, 0.717) is 54.9 Å². The zero-order valence-corrected chi connectivity index (χ0v) is 17.9. The van der Waals surface area contributed by atoms with E-state index in [9.17, 15) is 9.59 Å². The van der Waals surface area contributed by atoms with Crippen molar-refractivity contribution in [3.05, 3.63) is 53.1 Å². The summed E-state index contributed by atoms with van der Waals surface area (Å²) in [6.07, 6.45) is 0. The van der Waals surface area contributed by atoms with Crippen LogP contribution in [0.15, 0.2) is 42.5 Å². The van der Waals surface area contributed by atoms with Crippen LogP contribution in [0.3, 0.4) is 0 Å². The van der Waals surface area contributed by atoms with Gasteiger partial charge in [0.1, 0.15) is 17.2 Å². The summed E-state index contributed by atoms with van der Waals surface area (Å²) in [4.78, 5) is 28.7. The number of ether oxygens (including phenoxy) is 3. The molecule has 1 heterocycles. The molecule has 1 fully saturated rings. The summed E-state index contributed by atoms with van der Waals surface area (Å²) in [6.45, 7) is 4.22. The van der Waals surface area contributed by atoms with E-state index in [0.717, 1.165) is 5.75 Å². The molecule has 2 aromatic carbocycles. The largest absolute Gasteiger partial charge is 0.496 e. The second-order valence-electron chi connectivity index (χ2n) is 6.71. The standard InChI is InChI=1S/C22H25ClN2O5/c1-3-29-17-5-7-18(8-6-17)30-15-21(26)24-10-12-25(13-11-24)22(27)19-14-16(23)4-9-20(19)28-2/h4-9,14H,3,10-13,15H2,1-2H3. The fraction of sp³-hybridized carbons (Fsp3) is 0.364. The van der Waals surface area contributed by atoms with Gasteiger partial charge in [-0.2, -0.15) is 0 Å². The first-order valence-corrected chi connectivity index (χ1v) is 10.2. The molecule has 1 aliphatic rings. The minimum absolute atomic E-state index is 0.0515. The summed E-state index contributed by atoms with van der Waals surface area (Å²) in [6, 6.07) is 12.1. The van der Waals surface area contributed by atoms with E-state index in [4.69, 9.17) is 25.8 Å². The topological polar surface area (TPSA) is 68.3 Å². The third kappa shape index (κ3) is 5.36. The monoisotopic (exact) mass is 432 g/mol. The number of piperazine rings is 1. The van der Waals surface area contributed by atoms with Crippen LogP contribution >= 0.6 is 11.6 Å². The highest BCUT2D eigenvalue weighted by Crippen LogP contribution is 2.24. The molecular weight excluding hydrogens is 408 g/mol. The van der Waals surface area contributed by atoms with Gasteiger partial charge in [-0.15, -0.1) is 0 Å². The number of benzene rings is 2. The predicted octanol–water partition coefficient (Wildman–Crippen LogP) is 3.11. The van der Waals surface area contributed by atoms with Crippen LogP contribution in [0.4, 0.5) is 0 Å². The SMILES string of the molecule is CCOc1ccc(OCC(=O)N2CCN(C(=O)c3cc(Cl)ccc3OC)CC2)cc1. The third-order valence-electron chi connectivity index (χ3n) is 4.81. The third-order valence-corrected chi connectivity index (χ3v) is 5.04. The summed E-state index contributed by atoms with van der Waals surface area (Å²) in [5.74, 6) is 1.57. The number of hydrogen-bond donors (Lipinski definition) is 0. The Kier molecular flexibility index (Phi) is 7.41. The van der Waals surface area contributed by atoms with Crippen molar-refractivity contribution in [2.45, 2.75) is 6.92 Å². The summed E-state index contributed by atoms with van der Waals surface area (Å²) in [5.41, 5.74) is 0.420. The Balaban J connectivity index is 1.50. The zero-order valence-electron chi connectivity index (χ0n) is 17.1. The second kappa shape index (κ2) is 10.2. The van der Waals surface area contributed by atoms with Gasteiger partial charge in [-0.3, -0.25) is 9.59 Å². The number of carbonyl (C=O) groups excluding carboxylic acids is 2. The molecule has 2 aromatic rings. The van der Waals surface area contributed by atoms with Gasteiger partial charge >= 0.3 is 0 Å². The highest BCUT2D eigenvalue weighted by molar-refractivity contribution is 6.31. The quantitative estimate of drug-likeness (QED) is 0.672. The highest BCUT2D eigenvalue weighted by atomic mass is 35.5. The molecule has 1 aliphatic heterocycles. The van der Waals surface area contributed by atoms with E-state index in [1.165, 1.54) is 7.11 Å². The van der Waals surface area contributed by atoms with Crippen molar-refractivity contribution in [2.24, 2.45) is 0 Å².